The molecule has 2 atom stereocenters. The van der Waals surface area contributed by atoms with E-state index in [0.717, 1.165) is 19.3 Å². The molecule has 21 heavy (non-hydrogen) atoms. The molecule has 0 saturated carbocycles. The smallest absolute Gasteiger partial charge is 0.407 e. The Balaban J connectivity index is 4.73. The first kappa shape index (κ1) is 20.2. The number of aliphatic hydroxyl groups is 1. The lowest BCUT2D eigenvalue weighted by Crippen LogP contribution is -2.46. The predicted octanol–water partition coefficient (Wildman–Crippen LogP) is 3.97. The molecule has 0 fully saturated rings. The van der Waals surface area contributed by atoms with Crippen LogP contribution in [0.25, 0.3) is 0 Å². The van der Waals surface area contributed by atoms with Crippen molar-refractivity contribution in [3.8, 4) is 0 Å². The number of rotatable bonds is 8. The van der Waals surface area contributed by atoms with E-state index in [9.17, 15) is 9.90 Å². The van der Waals surface area contributed by atoms with Crippen molar-refractivity contribution in [2.45, 2.75) is 73.3 Å². The van der Waals surface area contributed by atoms with Crippen molar-refractivity contribution < 1.29 is 14.6 Å². The fraction of sp³-hybridized carbons (Fsp3) is 0.941. The van der Waals surface area contributed by atoms with Gasteiger partial charge >= 0.3 is 6.09 Å². The van der Waals surface area contributed by atoms with Crippen molar-refractivity contribution in [2.24, 2.45) is 17.3 Å². The van der Waals surface area contributed by atoms with Crippen LogP contribution < -0.4 is 5.32 Å². The summed E-state index contributed by atoms with van der Waals surface area (Å²) in [5, 5.41) is 12.8. The van der Waals surface area contributed by atoms with Gasteiger partial charge in [-0.15, -0.1) is 0 Å². The van der Waals surface area contributed by atoms with E-state index in [4.69, 9.17) is 4.74 Å². The lowest BCUT2D eigenvalue weighted by atomic mass is 9.71. The van der Waals surface area contributed by atoms with E-state index in [0.29, 0.717) is 12.5 Å². The Labute approximate surface area is 130 Å². The fourth-order valence-electron chi connectivity index (χ4n) is 2.67. The molecule has 0 saturated heterocycles. The van der Waals surface area contributed by atoms with Crippen molar-refractivity contribution >= 4 is 6.09 Å². The highest BCUT2D eigenvalue weighted by Gasteiger charge is 2.35. The van der Waals surface area contributed by atoms with Crippen molar-refractivity contribution in [2.75, 3.05) is 13.2 Å². The molecular formula is C17H35NO3. The minimum absolute atomic E-state index is 0.0779. The second kappa shape index (κ2) is 8.62. The number of hydrogen-bond donors (Lipinski definition) is 2. The molecule has 0 aliphatic carbocycles. The number of alkyl carbamates (subject to hydrolysis) is 1. The van der Waals surface area contributed by atoms with Crippen LogP contribution in [0.5, 0.6) is 0 Å². The summed E-state index contributed by atoms with van der Waals surface area (Å²) in [7, 11) is 0. The van der Waals surface area contributed by atoms with Crippen LogP contribution in [0, 0.1) is 17.3 Å². The van der Waals surface area contributed by atoms with Gasteiger partial charge in [-0.05, 0) is 39.0 Å². The van der Waals surface area contributed by atoms with E-state index in [1.807, 2.05) is 20.8 Å². The normalized spacial score (nSPS) is 16.4. The first-order valence-corrected chi connectivity index (χ1v) is 8.14. The SMILES string of the molecule is CCCC(C)CC(CO)(CNC(=O)OC(C)(C)C)C(C)C. The number of amides is 1. The first-order valence-electron chi connectivity index (χ1n) is 8.14. The van der Waals surface area contributed by atoms with Crippen LogP contribution in [-0.4, -0.2) is 30.0 Å². The molecule has 0 bridgehead atoms. The van der Waals surface area contributed by atoms with Crippen LogP contribution in [-0.2, 0) is 4.74 Å². The van der Waals surface area contributed by atoms with Crippen molar-refractivity contribution in [3.63, 3.8) is 0 Å². The number of aliphatic hydroxyl groups excluding tert-OH is 1. The van der Waals surface area contributed by atoms with Crippen LogP contribution in [0.15, 0.2) is 0 Å². The van der Waals surface area contributed by atoms with Crippen molar-refractivity contribution in [1.82, 2.24) is 5.32 Å². The lowest BCUT2D eigenvalue weighted by molar-refractivity contribution is 0.0304. The zero-order valence-electron chi connectivity index (χ0n) is 15.0. The van der Waals surface area contributed by atoms with Gasteiger partial charge in [0.1, 0.15) is 5.60 Å². The predicted molar refractivity (Wildman–Crippen MR) is 87.3 cm³/mol. The topological polar surface area (TPSA) is 58.6 Å². The Kier molecular flexibility index (Phi) is 8.30. The second-order valence-corrected chi connectivity index (χ2v) is 7.63. The molecule has 0 rings (SSSR count). The quantitative estimate of drug-likeness (QED) is 0.713. The Hall–Kier alpha value is -0.770. The molecule has 0 spiro atoms. The Bertz CT molecular complexity index is 310. The molecule has 0 aromatic rings. The third kappa shape index (κ3) is 7.70. The molecule has 0 aromatic heterocycles. The van der Waals surface area contributed by atoms with Gasteiger partial charge in [0.15, 0.2) is 0 Å². The summed E-state index contributed by atoms with van der Waals surface area (Å²) < 4.78 is 5.28. The summed E-state index contributed by atoms with van der Waals surface area (Å²) in [4.78, 5) is 11.8. The van der Waals surface area contributed by atoms with Crippen LogP contribution in [0.4, 0.5) is 4.79 Å². The second-order valence-electron chi connectivity index (χ2n) is 7.63. The van der Waals surface area contributed by atoms with E-state index in [-0.39, 0.29) is 17.9 Å². The molecular weight excluding hydrogens is 266 g/mol. The molecule has 0 aliphatic rings. The molecule has 2 N–H and O–H groups in total. The summed E-state index contributed by atoms with van der Waals surface area (Å²) in [6.07, 6.45) is 2.77. The molecule has 0 heterocycles. The number of hydrogen-bond acceptors (Lipinski definition) is 3. The lowest BCUT2D eigenvalue weighted by Gasteiger charge is -2.38. The maximum atomic E-state index is 11.8. The molecule has 0 aliphatic heterocycles. The average molecular weight is 301 g/mol. The summed E-state index contributed by atoms with van der Waals surface area (Å²) in [6, 6.07) is 0. The van der Waals surface area contributed by atoms with Crippen LogP contribution in [0.2, 0.25) is 0 Å². The minimum atomic E-state index is -0.501. The first-order chi connectivity index (χ1) is 9.56. The fourth-order valence-corrected chi connectivity index (χ4v) is 2.67. The molecule has 0 radical (unpaired) electrons. The van der Waals surface area contributed by atoms with Crippen molar-refractivity contribution in [3.05, 3.63) is 0 Å². The molecule has 2 unspecified atom stereocenters. The van der Waals surface area contributed by atoms with Gasteiger partial charge < -0.3 is 15.2 Å². The maximum absolute atomic E-state index is 11.8. The number of ether oxygens (including phenoxy) is 1. The molecule has 1 amide bonds. The zero-order chi connectivity index (χ0) is 16.7. The van der Waals surface area contributed by atoms with E-state index >= 15 is 0 Å². The van der Waals surface area contributed by atoms with Crippen molar-refractivity contribution in [1.29, 1.82) is 0 Å². The molecule has 4 nitrogen and oxygen atoms in total. The number of carbonyl (C=O) groups excluding carboxylic acids is 1. The summed E-state index contributed by atoms with van der Waals surface area (Å²) >= 11 is 0. The molecule has 126 valence electrons. The highest BCUT2D eigenvalue weighted by atomic mass is 16.6. The Morgan fingerprint density at radius 2 is 1.81 bits per heavy atom. The van der Waals surface area contributed by atoms with Gasteiger partial charge in [0.2, 0.25) is 0 Å². The van der Waals surface area contributed by atoms with Gasteiger partial charge in [-0.1, -0.05) is 40.5 Å². The largest absolute Gasteiger partial charge is 0.444 e. The third-order valence-corrected chi connectivity index (χ3v) is 4.06. The highest BCUT2D eigenvalue weighted by molar-refractivity contribution is 5.67. The summed E-state index contributed by atoms with van der Waals surface area (Å²) in [5.74, 6) is 0.821. The van der Waals surface area contributed by atoms with Gasteiger partial charge in [-0.25, -0.2) is 4.79 Å². The average Bonchev–Trinajstić information content (AvgIpc) is 2.32. The van der Waals surface area contributed by atoms with E-state index in [1.165, 1.54) is 0 Å². The monoisotopic (exact) mass is 301 g/mol. The van der Waals surface area contributed by atoms with Gasteiger partial charge in [0, 0.05) is 12.0 Å². The molecule has 0 aromatic carbocycles. The highest BCUT2D eigenvalue weighted by Crippen LogP contribution is 2.35. The molecule has 4 heteroatoms. The van der Waals surface area contributed by atoms with E-state index in [1.54, 1.807) is 0 Å². The van der Waals surface area contributed by atoms with Gasteiger partial charge in [0.25, 0.3) is 0 Å². The van der Waals surface area contributed by atoms with Crippen LogP contribution in [0.3, 0.4) is 0 Å². The van der Waals surface area contributed by atoms with E-state index < -0.39 is 11.7 Å². The zero-order valence-corrected chi connectivity index (χ0v) is 15.0. The summed E-state index contributed by atoms with van der Waals surface area (Å²) in [5.41, 5.74) is -0.787. The van der Waals surface area contributed by atoms with Crippen LogP contribution in [0.1, 0.15) is 67.7 Å². The summed E-state index contributed by atoms with van der Waals surface area (Å²) in [6.45, 7) is 14.7. The van der Waals surface area contributed by atoms with Crippen LogP contribution >= 0.6 is 0 Å². The van der Waals surface area contributed by atoms with Gasteiger partial charge in [-0.2, -0.15) is 0 Å². The third-order valence-electron chi connectivity index (χ3n) is 4.06. The number of nitrogens with one attached hydrogen (secondary N) is 1. The Morgan fingerprint density at radius 1 is 1.24 bits per heavy atom. The van der Waals surface area contributed by atoms with Gasteiger partial charge in [0.05, 0.1) is 6.61 Å². The number of carbonyl (C=O) groups is 1. The minimum Gasteiger partial charge on any atom is -0.444 e. The van der Waals surface area contributed by atoms with Gasteiger partial charge in [-0.3, -0.25) is 0 Å². The van der Waals surface area contributed by atoms with E-state index in [2.05, 4.69) is 33.0 Å². The maximum Gasteiger partial charge on any atom is 0.407 e. The standard InChI is InChI=1S/C17H35NO3/c1-8-9-14(4)10-17(12-19,13(2)3)11-18-15(20)21-16(5,6)7/h13-14,19H,8-12H2,1-7H3,(H,18,20). The Morgan fingerprint density at radius 3 is 2.19 bits per heavy atom.